The van der Waals surface area contributed by atoms with Crippen LogP contribution in [0.4, 0.5) is 14.5 Å². The Kier molecular flexibility index (Phi) is 6.35. The van der Waals surface area contributed by atoms with Crippen LogP contribution in [-0.4, -0.2) is 55.9 Å². The van der Waals surface area contributed by atoms with Crippen LogP contribution in [0.3, 0.4) is 0 Å². The van der Waals surface area contributed by atoms with Gasteiger partial charge in [-0.15, -0.1) is 0 Å². The minimum absolute atomic E-state index is 0.349. The van der Waals surface area contributed by atoms with Gasteiger partial charge >= 0.3 is 0 Å². The minimum Gasteiger partial charge on any atom is -0.353 e. The number of H-pyrrole nitrogens is 1. The van der Waals surface area contributed by atoms with Crippen LogP contribution in [0.25, 0.3) is 27.7 Å². The lowest BCUT2D eigenvalue weighted by Crippen LogP contribution is -2.24. The van der Waals surface area contributed by atoms with Gasteiger partial charge in [-0.25, -0.2) is 8.78 Å². The van der Waals surface area contributed by atoms with E-state index in [1.165, 1.54) is 32.1 Å². The number of nitrogens with zero attached hydrogens (tertiary/aromatic N) is 5. The molecule has 0 bridgehead atoms. The molecule has 5 rings (SSSR count). The maximum Gasteiger partial charge on any atom is 0.244 e. The maximum atomic E-state index is 12.5. The van der Waals surface area contributed by atoms with Crippen LogP contribution in [0, 0.1) is 0 Å². The predicted octanol–water partition coefficient (Wildman–Crippen LogP) is 4.81. The van der Waals surface area contributed by atoms with Crippen molar-refractivity contribution in [2.75, 3.05) is 25.0 Å². The van der Waals surface area contributed by atoms with Crippen molar-refractivity contribution in [3.8, 4) is 11.1 Å². The van der Waals surface area contributed by atoms with Crippen molar-refractivity contribution >= 4 is 22.3 Å². The molecule has 1 aromatic carbocycles. The number of aromatic nitrogens is 5. The highest BCUT2D eigenvalue weighted by Crippen LogP contribution is 2.28. The van der Waals surface area contributed by atoms with E-state index in [1.54, 1.807) is 12.1 Å². The third-order valence-corrected chi connectivity index (χ3v) is 6.14. The van der Waals surface area contributed by atoms with Gasteiger partial charge in [-0.2, -0.15) is 10.2 Å². The van der Waals surface area contributed by atoms with Gasteiger partial charge in [0.25, 0.3) is 0 Å². The summed E-state index contributed by atoms with van der Waals surface area (Å²) in [4.78, 5) is 6.57. The number of benzene rings is 1. The van der Waals surface area contributed by atoms with Crippen LogP contribution in [0.15, 0.2) is 55.5 Å². The molecule has 0 unspecified atom stereocenters. The second-order valence-electron chi connectivity index (χ2n) is 8.61. The zero-order chi connectivity index (χ0) is 23.5. The van der Waals surface area contributed by atoms with E-state index in [9.17, 15) is 8.78 Å². The molecule has 1 aliphatic rings. The topological polar surface area (TPSA) is 74.7 Å². The predicted molar refractivity (Wildman–Crippen MR) is 130 cm³/mol. The number of pyridine rings is 1. The Morgan fingerprint density at radius 2 is 1.94 bits per heavy atom. The zero-order valence-electron chi connectivity index (χ0n) is 18.8. The van der Waals surface area contributed by atoms with Crippen molar-refractivity contribution in [1.82, 2.24) is 29.9 Å². The van der Waals surface area contributed by atoms with E-state index >= 15 is 0 Å². The first kappa shape index (κ1) is 22.2. The molecule has 3 aromatic heterocycles. The van der Waals surface area contributed by atoms with Gasteiger partial charge in [0, 0.05) is 29.4 Å². The first-order valence-corrected chi connectivity index (χ1v) is 11.5. The van der Waals surface area contributed by atoms with Gasteiger partial charge in [0.1, 0.15) is 5.69 Å². The van der Waals surface area contributed by atoms with Crippen LogP contribution >= 0.6 is 0 Å². The number of hydrogen-bond acceptors (Lipinski definition) is 5. The molecule has 4 heterocycles. The van der Waals surface area contributed by atoms with Crippen molar-refractivity contribution in [1.29, 1.82) is 0 Å². The van der Waals surface area contributed by atoms with Crippen molar-refractivity contribution in [2.45, 2.75) is 32.2 Å². The molecule has 2 N–H and O–H groups in total. The lowest BCUT2D eigenvalue weighted by molar-refractivity contribution is 0.148. The number of rotatable bonds is 9. The van der Waals surface area contributed by atoms with Gasteiger partial charge in [-0.3, -0.25) is 14.8 Å². The lowest BCUT2D eigenvalue weighted by Gasteiger charge is -2.13. The van der Waals surface area contributed by atoms with Crippen LogP contribution in [0.1, 0.15) is 24.2 Å². The van der Waals surface area contributed by atoms with Gasteiger partial charge in [-0.05, 0) is 55.8 Å². The molecular formula is C25H27F2N7. The second kappa shape index (κ2) is 9.72. The van der Waals surface area contributed by atoms with E-state index in [1.807, 2.05) is 23.0 Å². The molecule has 0 aliphatic carbocycles. The van der Waals surface area contributed by atoms with Gasteiger partial charge < -0.3 is 10.2 Å². The number of hydrogen-bond donors (Lipinski definition) is 2. The lowest BCUT2D eigenvalue weighted by atomic mass is 10.1. The SMILES string of the molecule is C=C(Nc1ccc(CC(F)F)nc1)c1n[nH]c2ccc(-c3cnn(CCN4CCCC4)c3)cc12. The molecule has 34 heavy (non-hydrogen) atoms. The van der Waals surface area contributed by atoms with Crippen molar-refractivity contribution in [2.24, 2.45) is 0 Å². The van der Waals surface area contributed by atoms with Crippen LogP contribution in [-0.2, 0) is 13.0 Å². The molecule has 0 atom stereocenters. The van der Waals surface area contributed by atoms with Crippen molar-refractivity contribution in [3.63, 3.8) is 0 Å². The van der Waals surface area contributed by atoms with E-state index in [0.717, 1.165) is 35.1 Å². The summed E-state index contributed by atoms with van der Waals surface area (Å²) in [6, 6.07) is 9.42. The molecule has 0 radical (unpaired) electrons. The van der Waals surface area contributed by atoms with E-state index in [0.29, 0.717) is 22.8 Å². The number of nitrogens with one attached hydrogen (secondary N) is 2. The Labute approximate surface area is 196 Å². The Hall–Kier alpha value is -3.59. The summed E-state index contributed by atoms with van der Waals surface area (Å²) in [7, 11) is 0. The molecule has 0 amide bonds. The summed E-state index contributed by atoms with van der Waals surface area (Å²) < 4.78 is 27.1. The average molecular weight is 464 g/mol. The first-order chi connectivity index (χ1) is 16.5. The normalized spacial score (nSPS) is 14.3. The second-order valence-corrected chi connectivity index (χ2v) is 8.61. The maximum absolute atomic E-state index is 12.5. The largest absolute Gasteiger partial charge is 0.353 e. The van der Waals surface area contributed by atoms with E-state index < -0.39 is 6.43 Å². The van der Waals surface area contributed by atoms with Crippen LogP contribution in [0.5, 0.6) is 0 Å². The highest BCUT2D eigenvalue weighted by atomic mass is 19.3. The zero-order valence-corrected chi connectivity index (χ0v) is 18.8. The Morgan fingerprint density at radius 3 is 2.71 bits per heavy atom. The van der Waals surface area contributed by atoms with Gasteiger partial charge in [0.15, 0.2) is 0 Å². The highest BCUT2D eigenvalue weighted by Gasteiger charge is 2.14. The van der Waals surface area contributed by atoms with E-state index in [2.05, 4.69) is 49.3 Å². The van der Waals surface area contributed by atoms with Crippen molar-refractivity contribution < 1.29 is 8.78 Å². The molecule has 0 saturated carbocycles. The summed E-state index contributed by atoms with van der Waals surface area (Å²) in [6.07, 6.45) is 5.31. The fourth-order valence-electron chi connectivity index (χ4n) is 4.32. The van der Waals surface area contributed by atoms with Crippen LogP contribution in [0.2, 0.25) is 0 Å². The number of likely N-dealkylation sites (tertiary alicyclic amines) is 1. The summed E-state index contributed by atoms with van der Waals surface area (Å²) in [5, 5.41) is 16.1. The smallest absolute Gasteiger partial charge is 0.244 e. The number of halogens is 2. The molecule has 4 aromatic rings. The van der Waals surface area contributed by atoms with E-state index in [-0.39, 0.29) is 6.42 Å². The molecule has 176 valence electrons. The molecular weight excluding hydrogens is 436 g/mol. The van der Waals surface area contributed by atoms with Gasteiger partial charge in [0.05, 0.1) is 42.3 Å². The minimum atomic E-state index is -2.41. The monoisotopic (exact) mass is 463 g/mol. The summed E-state index contributed by atoms with van der Waals surface area (Å²) in [5.74, 6) is 0. The Bertz CT molecular complexity index is 1270. The fourth-order valence-corrected chi connectivity index (χ4v) is 4.32. The summed E-state index contributed by atoms with van der Waals surface area (Å²) >= 11 is 0. The number of aromatic amines is 1. The third kappa shape index (κ3) is 4.99. The highest BCUT2D eigenvalue weighted by molar-refractivity contribution is 5.94. The number of alkyl halides is 2. The first-order valence-electron chi connectivity index (χ1n) is 11.5. The van der Waals surface area contributed by atoms with Crippen LogP contribution < -0.4 is 5.32 Å². The summed E-state index contributed by atoms with van der Waals surface area (Å²) in [5.41, 5.74) is 5.29. The average Bonchev–Trinajstić information content (AvgIpc) is 3.58. The Balaban J connectivity index is 1.30. The van der Waals surface area contributed by atoms with Crippen molar-refractivity contribution in [3.05, 3.63) is 66.9 Å². The molecule has 1 aliphatic heterocycles. The summed E-state index contributed by atoms with van der Waals surface area (Å²) in [6.45, 7) is 8.39. The molecule has 7 nitrogen and oxygen atoms in total. The molecule has 0 spiro atoms. The standard InChI is InChI=1S/C25H27F2N7/c1-17(30-21-6-5-20(28-15-21)13-24(26)27)25-22-12-18(4-7-23(22)31-32-25)19-14-29-34(16-19)11-10-33-8-2-3-9-33/h4-7,12,14-16,24,30H,1-3,8-11,13H2,(H,31,32). The quantitative estimate of drug-likeness (QED) is 0.373. The fraction of sp³-hybridized carbons (Fsp3) is 0.320. The molecule has 1 saturated heterocycles. The van der Waals surface area contributed by atoms with Gasteiger partial charge in [-0.1, -0.05) is 12.6 Å². The molecule has 1 fully saturated rings. The third-order valence-electron chi connectivity index (χ3n) is 6.14. The van der Waals surface area contributed by atoms with E-state index in [4.69, 9.17) is 0 Å². The van der Waals surface area contributed by atoms with Gasteiger partial charge in [0.2, 0.25) is 6.43 Å². The number of fused-ring (bicyclic) bond motifs is 1. The number of anilines is 1. The Morgan fingerprint density at radius 1 is 1.09 bits per heavy atom. The molecule has 9 heteroatoms.